The van der Waals surface area contributed by atoms with E-state index in [0.29, 0.717) is 32.1 Å². The van der Waals surface area contributed by atoms with Crippen molar-refractivity contribution in [3.8, 4) is 5.75 Å². The van der Waals surface area contributed by atoms with Gasteiger partial charge in [0.05, 0.1) is 29.3 Å². The summed E-state index contributed by atoms with van der Waals surface area (Å²) in [6.07, 6.45) is -0.0203. The van der Waals surface area contributed by atoms with Crippen molar-refractivity contribution in [1.29, 1.82) is 0 Å². The second-order valence-corrected chi connectivity index (χ2v) is 6.66. The summed E-state index contributed by atoms with van der Waals surface area (Å²) >= 11 is 17.7. The van der Waals surface area contributed by atoms with E-state index in [0.717, 1.165) is 5.56 Å². The van der Waals surface area contributed by atoms with E-state index in [-0.39, 0.29) is 6.42 Å². The van der Waals surface area contributed by atoms with Crippen LogP contribution in [0.4, 0.5) is 5.69 Å². The number of anilines is 1. The Morgan fingerprint density at radius 3 is 2.42 bits per heavy atom. The summed E-state index contributed by atoms with van der Waals surface area (Å²) < 4.78 is 10.2. The summed E-state index contributed by atoms with van der Waals surface area (Å²) in [4.78, 5) is 23.9. The summed E-state index contributed by atoms with van der Waals surface area (Å²) in [7, 11) is 1.47. The largest absolute Gasteiger partial charge is 0.495 e. The minimum Gasteiger partial charge on any atom is -0.495 e. The lowest BCUT2D eigenvalue weighted by Crippen LogP contribution is -2.22. The molecule has 0 unspecified atom stereocenters. The summed E-state index contributed by atoms with van der Waals surface area (Å²) in [5.41, 5.74) is 1.86. The van der Waals surface area contributed by atoms with Crippen LogP contribution in [0.2, 0.25) is 15.1 Å². The van der Waals surface area contributed by atoms with Gasteiger partial charge in [0.2, 0.25) is 0 Å². The van der Waals surface area contributed by atoms with E-state index in [2.05, 4.69) is 5.32 Å². The van der Waals surface area contributed by atoms with Gasteiger partial charge in [0.15, 0.2) is 6.61 Å². The van der Waals surface area contributed by atoms with Gasteiger partial charge in [-0.1, -0.05) is 40.9 Å². The smallest absolute Gasteiger partial charge is 0.310 e. The third-order valence-electron chi connectivity index (χ3n) is 3.45. The topological polar surface area (TPSA) is 64.6 Å². The van der Waals surface area contributed by atoms with Crippen molar-refractivity contribution in [3.63, 3.8) is 0 Å². The van der Waals surface area contributed by atoms with Gasteiger partial charge < -0.3 is 14.8 Å². The predicted octanol–water partition coefficient (Wildman–Crippen LogP) is 4.69. The van der Waals surface area contributed by atoms with Crippen molar-refractivity contribution in [2.45, 2.75) is 13.3 Å². The van der Waals surface area contributed by atoms with E-state index in [1.165, 1.54) is 7.11 Å². The molecule has 0 atom stereocenters. The first-order valence-corrected chi connectivity index (χ1v) is 8.67. The van der Waals surface area contributed by atoms with E-state index in [9.17, 15) is 9.59 Å². The highest BCUT2D eigenvalue weighted by Gasteiger charge is 2.13. The molecule has 0 aliphatic rings. The third-order valence-corrected chi connectivity index (χ3v) is 4.60. The fourth-order valence-electron chi connectivity index (χ4n) is 2.13. The number of hydrogen-bond acceptors (Lipinski definition) is 4. The molecular formula is C18H16Cl3NO4. The van der Waals surface area contributed by atoms with Crippen LogP contribution in [0.5, 0.6) is 5.75 Å². The van der Waals surface area contributed by atoms with Crippen LogP contribution >= 0.6 is 34.8 Å². The van der Waals surface area contributed by atoms with Crippen LogP contribution in [-0.4, -0.2) is 25.6 Å². The number of nitrogens with one attached hydrogen (secondary N) is 1. The Morgan fingerprint density at radius 1 is 1.04 bits per heavy atom. The molecular weight excluding hydrogens is 401 g/mol. The average molecular weight is 417 g/mol. The van der Waals surface area contributed by atoms with Gasteiger partial charge in [-0.2, -0.15) is 0 Å². The maximum Gasteiger partial charge on any atom is 0.310 e. The minimum absolute atomic E-state index is 0.0203. The number of aryl methyl sites for hydroxylation is 1. The molecule has 2 aromatic rings. The van der Waals surface area contributed by atoms with Crippen LogP contribution < -0.4 is 10.1 Å². The first kappa shape index (κ1) is 20.4. The zero-order chi connectivity index (χ0) is 19.3. The number of esters is 1. The van der Waals surface area contributed by atoms with Gasteiger partial charge in [-0.25, -0.2) is 0 Å². The van der Waals surface area contributed by atoms with Crippen LogP contribution in [-0.2, 0) is 20.7 Å². The number of ether oxygens (including phenoxy) is 2. The van der Waals surface area contributed by atoms with E-state index >= 15 is 0 Å². The Balaban J connectivity index is 1.91. The zero-order valence-corrected chi connectivity index (χ0v) is 16.3. The van der Waals surface area contributed by atoms with Gasteiger partial charge in [0.1, 0.15) is 5.75 Å². The molecule has 0 saturated heterocycles. The SMILES string of the molecule is COc1cc(Cl)c(C)cc1NC(=O)COC(=O)Cc1ccc(Cl)c(Cl)c1. The second-order valence-electron chi connectivity index (χ2n) is 5.44. The summed E-state index contributed by atoms with van der Waals surface area (Å²) in [6, 6.07) is 8.11. The monoisotopic (exact) mass is 415 g/mol. The molecule has 5 nitrogen and oxygen atoms in total. The quantitative estimate of drug-likeness (QED) is 0.694. The van der Waals surface area contributed by atoms with Crippen LogP contribution in [0.3, 0.4) is 0 Å². The molecule has 0 heterocycles. The van der Waals surface area contributed by atoms with Gasteiger partial charge >= 0.3 is 5.97 Å². The molecule has 0 aliphatic carbocycles. The highest BCUT2D eigenvalue weighted by Crippen LogP contribution is 2.30. The fourth-order valence-corrected chi connectivity index (χ4v) is 2.60. The van der Waals surface area contributed by atoms with E-state index in [1.54, 1.807) is 37.3 Å². The molecule has 0 radical (unpaired) electrons. The molecule has 26 heavy (non-hydrogen) atoms. The summed E-state index contributed by atoms with van der Waals surface area (Å²) in [6.45, 7) is 1.37. The van der Waals surface area contributed by atoms with Crippen molar-refractivity contribution in [3.05, 3.63) is 56.5 Å². The van der Waals surface area contributed by atoms with Gasteiger partial charge in [-0.15, -0.1) is 0 Å². The standard InChI is InChI=1S/C18H16Cl3NO4/c1-10-5-15(16(25-2)8-13(10)20)22-17(23)9-26-18(24)7-11-3-4-12(19)14(21)6-11/h3-6,8H,7,9H2,1-2H3,(H,22,23). The molecule has 138 valence electrons. The average Bonchev–Trinajstić information content (AvgIpc) is 2.59. The number of hydrogen-bond donors (Lipinski definition) is 1. The Kier molecular flexibility index (Phi) is 7.14. The van der Waals surface area contributed by atoms with Gasteiger partial charge in [-0.05, 0) is 36.2 Å². The van der Waals surface area contributed by atoms with Gasteiger partial charge in [0, 0.05) is 11.1 Å². The number of halogens is 3. The maximum atomic E-state index is 12.0. The van der Waals surface area contributed by atoms with Crippen molar-refractivity contribution >= 4 is 52.4 Å². The lowest BCUT2D eigenvalue weighted by Gasteiger charge is -2.12. The van der Waals surface area contributed by atoms with E-state index < -0.39 is 18.5 Å². The van der Waals surface area contributed by atoms with E-state index in [1.807, 2.05) is 0 Å². The summed E-state index contributed by atoms with van der Waals surface area (Å²) in [5, 5.41) is 3.89. The van der Waals surface area contributed by atoms with E-state index in [4.69, 9.17) is 44.3 Å². The number of methoxy groups -OCH3 is 1. The number of rotatable bonds is 6. The molecule has 0 spiro atoms. The third kappa shape index (κ3) is 5.53. The maximum absolute atomic E-state index is 12.0. The lowest BCUT2D eigenvalue weighted by molar-refractivity contribution is -0.146. The highest BCUT2D eigenvalue weighted by atomic mass is 35.5. The molecule has 0 saturated carbocycles. The Hall–Kier alpha value is -1.95. The minimum atomic E-state index is -0.558. The second kappa shape index (κ2) is 9.12. The van der Waals surface area contributed by atoms with Crippen LogP contribution in [0.15, 0.2) is 30.3 Å². The van der Waals surface area contributed by atoms with Crippen LogP contribution in [0.1, 0.15) is 11.1 Å². The first-order valence-electron chi connectivity index (χ1n) is 7.53. The molecule has 0 aliphatic heterocycles. The van der Waals surface area contributed by atoms with Gasteiger partial charge in [-0.3, -0.25) is 9.59 Å². The number of carbonyl (C=O) groups excluding carboxylic acids is 2. The normalized spacial score (nSPS) is 10.3. The molecule has 1 amide bonds. The lowest BCUT2D eigenvalue weighted by atomic mass is 10.1. The Labute approximate surface area is 166 Å². The molecule has 0 fully saturated rings. The Morgan fingerprint density at radius 2 is 1.77 bits per heavy atom. The number of carbonyl (C=O) groups is 2. The molecule has 0 bridgehead atoms. The highest BCUT2D eigenvalue weighted by molar-refractivity contribution is 6.42. The zero-order valence-electron chi connectivity index (χ0n) is 14.1. The van der Waals surface area contributed by atoms with Gasteiger partial charge in [0.25, 0.3) is 5.91 Å². The molecule has 2 aromatic carbocycles. The van der Waals surface area contributed by atoms with Crippen molar-refractivity contribution in [1.82, 2.24) is 0 Å². The first-order chi connectivity index (χ1) is 12.3. The predicted molar refractivity (Wildman–Crippen MR) is 102 cm³/mol. The molecule has 2 rings (SSSR count). The van der Waals surface area contributed by atoms with Crippen molar-refractivity contribution in [2.24, 2.45) is 0 Å². The fraction of sp³-hybridized carbons (Fsp3) is 0.222. The molecule has 1 N–H and O–H groups in total. The molecule has 8 heteroatoms. The molecule has 0 aromatic heterocycles. The Bertz CT molecular complexity index is 839. The number of amides is 1. The number of benzene rings is 2. The van der Waals surface area contributed by atoms with Crippen LogP contribution in [0, 0.1) is 6.92 Å². The summed E-state index contributed by atoms with van der Waals surface area (Å²) in [5.74, 6) is -0.638. The van der Waals surface area contributed by atoms with Crippen molar-refractivity contribution in [2.75, 3.05) is 19.0 Å². The van der Waals surface area contributed by atoms with Crippen LogP contribution in [0.25, 0.3) is 0 Å². The van der Waals surface area contributed by atoms with Crippen molar-refractivity contribution < 1.29 is 19.1 Å².